The summed E-state index contributed by atoms with van der Waals surface area (Å²) in [5.74, 6) is 4.89. The Kier molecular flexibility index (Phi) is 14.7. The molecule has 1 aliphatic carbocycles. The molecular formula is C51H63LiN6O6-2. The zero-order chi connectivity index (χ0) is 44.6. The number of ketones is 2. The van der Waals surface area contributed by atoms with Crippen molar-refractivity contribution in [3.63, 3.8) is 0 Å². The molecule has 0 N–H and O–H groups in total. The van der Waals surface area contributed by atoms with Crippen LogP contribution in [-0.2, 0) is 29.7 Å². The first kappa shape index (κ1) is 47.3. The van der Waals surface area contributed by atoms with Crippen LogP contribution in [0.15, 0.2) is 53.6 Å². The van der Waals surface area contributed by atoms with E-state index in [0.717, 1.165) is 116 Å². The number of carbonyl (C=O) groups excluding carboxylic acids is 3. The number of aryl methyl sites for hydroxylation is 1. The van der Waals surface area contributed by atoms with Crippen LogP contribution in [0, 0.1) is 31.1 Å². The van der Waals surface area contributed by atoms with Gasteiger partial charge in [0.25, 0.3) is 11.5 Å². The standard InChI is InChI=1S/C27H33N4O3.C24H30N2O3.Li/c1-17(2)19-13-30(14-19)16-23-24(33-4)9-18(10-25(23)34-5)22-15-29(3)27(32)21-12-28-26(11-20(21)22)31-7-6-8-31;1-3-12-24(4-2)15-25(16-24)18-9-8-17-14-26(23(29)20(17)13-18)21-11-10-19(27)6-5-7-22(21)28;/h9-12,15,19H,6-8,13-14,16H2,1-5H3;8-9,13,21H,1-7,10-12,14-16H2;/q-1;-2;+1. The Morgan fingerprint density at radius 3 is 2.22 bits per heavy atom. The number of rotatable bonds is 12. The van der Waals surface area contributed by atoms with Gasteiger partial charge in [0, 0.05) is 100 Å². The molecule has 0 spiro atoms. The van der Waals surface area contributed by atoms with E-state index in [2.05, 4.69) is 65.6 Å². The van der Waals surface area contributed by atoms with Crippen LogP contribution in [0.3, 0.4) is 0 Å². The molecule has 1 atom stereocenters. The number of aromatic nitrogens is 2. The van der Waals surface area contributed by atoms with Crippen LogP contribution >= 0.6 is 0 Å². The summed E-state index contributed by atoms with van der Waals surface area (Å²) in [6, 6.07) is 11.8. The van der Waals surface area contributed by atoms with Crippen molar-refractivity contribution in [3.05, 3.63) is 95.6 Å². The first-order chi connectivity index (χ1) is 30.3. The molecule has 336 valence electrons. The number of hydrogen-bond acceptors (Lipinski definition) is 10. The summed E-state index contributed by atoms with van der Waals surface area (Å²) >= 11 is 0. The molecule has 4 aromatic rings. The van der Waals surface area contributed by atoms with Gasteiger partial charge in [0.15, 0.2) is 5.78 Å². The van der Waals surface area contributed by atoms with Crippen LogP contribution in [-0.4, -0.2) is 96.4 Å². The first-order valence-electron chi connectivity index (χ1n) is 22.7. The van der Waals surface area contributed by atoms with Gasteiger partial charge in [-0.3, -0.25) is 19.2 Å². The summed E-state index contributed by atoms with van der Waals surface area (Å²) in [6.07, 6.45) is 9.98. The summed E-state index contributed by atoms with van der Waals surface area (Å²) < 4.78 is 13.3. The van der Waals surface area contributed by atoms with E-state index in [-0.39, 0.29) is 47.3 Å². The number of nitrogens with zero attached hydrogens (tertiary/aromatic N) is 6. The minimum atomic E-state index is -0.470. The van der Waals surface area contributed by atoms with Gasteiger partial charge in [0.2, 0.25) is 0 Å². The van der Waals surface area contributed by atoms with Crippen molar-refractivity contribution in [2.24, 2.45) is 18.4 Å². The monoisotopic (exact) mass is 862 g/mol. The maximum Gasteiger partial charge on any atom is 1.00 e. The molecule has 2 aromatic heterocycles. The number of amides is 1. The van der Waals surface area contributed by atoms with Crippen LogP contribution in [0.5, 0.6) is 11.5 Å². The number of Topliss-reactive ketones (excluding diaryl/α,β-unsaturated/α-hetero) is 2. The number of ether oxygens (including phenoxy) is 2. The van der Waals surface area contributed by atoms with Gasteiger partial charge < -0.3 is 53.4 Å². The van der Waals surface area contributed by atoms with Crippen molar-refractivity contribution in [2.45, 2.75) is 90.8 Å². The van der Waals surface area contributed by atoms with Gasteiger partial charge in [0.05, 0.1) is 31.2 Å². The van der Waals surface area contributed by atoms with Gasteiger partial charge >= 0.3 is 18.9 Å². The first-order valence-corrected chi connectivity index (χ1v) is 22.7. The second-order valence-electron chi connectivity index (χ2n) is 18.6. The molecule has 0 radical (unpaired) electrons. The maximum absolute atomic E-state index is 13.1. The average molecular weight is 863 g/mol. The molecular weight excluding hydrogens is 800 g/mol. The summed E-state index contributed by atoms with van der Waals surface area (Å²) in [4.78, 5) is 63.7. The summed E-state index contributed by atoms with van der Waals surface area (Å²) in [5.41, 5.74) is 5.91. The van der Waals surface area contributed by atoms with E-state index >= 15 is 0 Å². The van der Waals surface area contributed by atoms with E-state index in [1.54, 1.807) is 36.9 Å². The van der Waals surface area contributed by atoms with Gasteiger partial charge in [-0.1, -0.05) is 12.5 Å². The average Bonchev–Trinajstić information content (AvgIpc) is 3.54. The van der Waals surface area contributed by atoms with Crippen LogP contribution in [0.4, 0.5) is 11.5 Å². The number of pyridine rings is 2. The van der Waals surface area contributed by atoms with Gasteiger partial charge in [-0.2, -0.15) is 26.7 Å². The molecule has 0 bridgehead atoms. The van der Waals surface area contributed by atoms with Gasteiger partial charge in [-0.25, -0.2) is 4.98 Å². The molecule has 64 heavy (non-hydrogen) atoms. The Labute approximate surface area is 390 Å². The molecule has 9 rings (SSSR count). The van der Waals surface area contributed by atoms with Crippen LogP contribution in [0.25, 0.3) is 21.9 Å². The maximum atomic E-state index is 13.1. The van der Waals surface area contributed by atoms with Crippen LogP contribution in [0.2, 0.25) is 0 Å². The van der Waals surface area contributed by atoms with Crippen molar-refractivity contribution < 1.29 is 42.7 Å². The molecule has 1 saturated carbocycles. The molecule has 4 aliphatic heterocycles. The normalized spacial score (nSPS) is 19.8. The molecule has 2 aromatic carbocycles. The fraction of sp³-hybridized carbons (Fsp3) is 0.490. The van der Waals surface area contributed by atoms with Crippen LogP contribution < -0.4 is 43.7 Å². The van der Waals surface area contributed by atoms with E-state index < -0.39 is 6.04 Å². The largest absolute Gasteiger partial charge is 1.00 e. The van der Waals surface area contributed by atoms with E-state index in [4.69, 9.17) is 9.47 Å². The number of methoxy groups -OCH3 is 2. The van der Waals surface area contributed by atoms with Gasteiger partial charge in [0.1, 0.15) is 23.1 Å². The van der Waals surface area contributed by atoms with Crippen LogP contribution in [0.1, 0.15) is 93.1 Å². The molecule has 6 heterocycles. The van der Waals surface area contributed by atoms with Crippen molar-refractivity contribution in [1.82, 2.24) is 19.4 Å². The molecule has 3 saturated heterocycles. The second kappa shape index (κ2) is 19.9. The Balaban J connectivity index is 0.000000191. The zero-order valence-corrected chi connectivity index (χ0v) is 38.8. The molecule has 5 aliphatic rings. The Morgan fingerprint density at radius 2 is 1.59 bits per heavy atom. The quantitative estimate of drug-likeness (QED) is 0.148. The molecule has 1 amide bonds. The van der Waals surface area contributed by atoms with Crippen molar-refractivity contribution >= 4 is 39.8 Å². The minimum Gasteiger partial charge on any atom is -0.496 e. The van der Waals surface area contributed by atoms with E-state index in [0.29, 0.717) is 55.5 Å². The SMILES string of the molecule is COc1cc(-c2cn(C)c(=O)c3cnc(N4CCC4)cc23)cc(OC)c1CN1CC([C-](C)C)C1.[CH2-]CCC1(C[CH2-])CN(c2ccc3c(c2)C(=O)N(C2CCC(=O)CCCC2=O)C3)C1.[Li+]. The predicted octanol–water partition coefficient (Wildman–Crippen LogP) is 4.64. The Bertz CT molecular complexity index is 2410. The van der Waals surface area contributed by atoms with E-state index in [1.165, 1.54) is 12.3 Å². The third kappa shape index (κ3) is 9.38. The Hall–Kier alpha value is -4.63. The topological polar surface area (TPSA) is 118 Å². The Morgan fingerprint density at radius 1 is 0.875 bits per heavy atom. The van der Waals surface area contributed by atoms with E-state index in [1.807, 2.05) is 24.4 Å². The van der Waals surface area contributed by atoms with E-state index in [9.17, 15) is 19.2 Å². The van der Waals surface area contributed by atoms with Crippen molar-refractivity contribution in [3.8, 4) is 22.6 Å². The minimum absolute atomic E-state index is 0. The summed E-state index contributed by atoms with van der Waals surface area (Å²) in [6.45, 7) is 19.8. The molecule has 12 nitrogen and oxygen atoms in total. The smallest absolute Gasteiger partial charge is 0.496 e. The zero-order valence-electron chi connectivity index (χ0n) is 38.8. The number of hydrogen-bond donors (Lipinski definition) is 0. The third-order valence-corrected chi connectivity index (χ3v) is 14.2. The van der Waals surface area contributed by atoms with Gasteiger partial charge in [-0.05, 0) is 79.2 Å². The number of benzene rings is 2. The second-order valence-corrected chi connectivity index (χ2v) is 18.6. The molecule has 1 unspecified atom stereocenters. The number of anilines is 2. The number of likely N-dealkylation sites (tertiary alicyclic amines) is 1. The summed E-state index contributed by atoms with van der Waals surface area (Å²) in [7, 11) is 5.19. The fourth-order valence-corrected chi connectivity index (χ4v) is 9.94. The predicted molar refractivity (Wildman–Crippen MR) is 248 cm³/mol. The summed E-state index contributed by atoms with van der Waals surface area (Å²) in [5, 5.41) is 1.51. The number of fused-ring (bicyclic) bond motifs is 2. The third-order valence-electron chi connectivity index (χ3n) is 14.2. The fourth-order valence-electron chi connectivity index (χ4n) is 9.94. The van der Waals surface area contributed by atoms with Crippen molar-refractivity contribution in [1.29, 1.82) is 0 Å². The van der Waals surface area contributed by atoms with Gasteiger partial charge in [-0.15, -0.1) is 5.92 Å². The number of carbonyl (C=O) groups is 3. The molecule has 4 fully saturated rings. The van der Waals surface area contributed by atoms with Crippen molar-refractivity contribution in [2.75, 3.05) is 63.3 Å². The molecule has 13 heteroatoms.